The predicted molar refractivity (Wildman–Crippen MR) is 95.8 cm³/mol. The summed E-state index contributed by atoms with van der Waals surface area (Å²) >= 11 is 8.72. The van der Waals surface area contributed by atoms with Crippen molar-refractivity contribution in [3.63, 3.8) is 0 Å². The van der Waals surface area contributed by atoms with Crippen LogP contribution in [0.3, 0.4) is 0 Å². The van der Waals surface area contributed by atoms with Crippen LogP contribution in [-0.2, 0) is 4.79 Å². The van der Waals surface area contributed by atoms with E-state index in [1.807, 2.05) is 24.3 Å². The van der Waals surface area contributed by atoms with Gasteiger partial charge in [-0.3, -0.25) is 9.69 Å². The van der Waals surface area contributed by atoms with Crippen LogP contribution < -0.4 is 4.74 Å². The van der Waals surface area contributed by atoms with Crippen molar-refractivity contribution in [2.45, 2.75) is 0 Å². The SMILES string of the molecule is C=CCN1C(=O)/C(=C\c2ccc(OC)c(I)c2)SC1=S. The molecule has 1 aliphatic heterocycles. The molecule has 1 amide bonds. The second-order valence-electron chi connectivity index (χ2n) is 3.97. The Morgan fingerprint density at radius 2 is 2.30 bits per heavy atom. The van der Waals surface area contributed by atoms with Crippen molar-refractivity contribution >= 4 is 62.9 Å². The zero-order valence-corrected chi connectivity index (χ0v) is 14.5. The molecule has 0 atom stereocenters. The zero-order valence-electron chi connectivity index (χ0n) is 10.8. The van der Waals surface area contributed by atoms with Gasteiger partial charge in [0, 0.05) is 6.54 Å². The summed E-state index contributed by atoms with van der Waals surface area (Å²) in [5.74, 6) is 0.757. The number of rotatable bonds is 4. The Morgan fingerprint density at radius 3 is 2.90 bits per heavy atom. The summed E-state index contributed by atoms with van der Waals surface area (Å²) in [5, 5.41) is 0. The molecule has 20 heavy (non-hydrogen) atoms. The molecule has 1 aromatic carbocycles. The molecule has 0 aliphatic carbocycles. The second kappa shape index (κ2) is 6.73. The molecule has 0 N–H and O–H groups in total. The highest BCUT2D eigenvalue weighted by Gasteiger charge is 2.30. The Kier molecular flexibility index (Phi) is 5.22. The third-order valence-corrected chi connectivity index (χ3v) is 4.88. The summed E-state index contributed by atoms with van der Waals surface area (Å²) in [6.07, 6.45) is 3.52. The van der Waals surface area contributed by atoms with Crippen molar-refractivity contribution in [1.82, 2.24) is 4.90 Å². The summed E-state index contributed by atoms with van der Waals surface area (Å²) in [4.78, 5) is 14.4. The summed E-state index contributed by atoms with van der Waals surface area (Å²) < 4.78 is 6.79. The molecule has 0 unspecified atom stereocenters. The molecule has 0 bridgehead atoms. The molecular weight excluding hydrogens is 405 g/mol. The first kappa shape index (κ1) is 15.5. The van der Waals surface area contributed by atoms with Gasteiger partial charge >= 0.3 is 0 Å². The second-order valence-corrected chi connectivity index (χ2v) is 6.81. The van der Waals surface area contributed by atoms with E-state index in [1.54, 1.807) is 18.1 Å². The lowest BCUT2D eigenvalue weighted by Gasteiger charge is -2.10. The normalized spacial score (nSPS) is 16.9. The number of benzene rings is 1. The van der Waals surface area contributed by atoms with Crippen LogP contribution in [-0.4, -0.2) is 28.8 Å². The van der Waals surface area contributed by atoms with Crippen molar-refractivity contribution in [3.8, 4) is 5.75 Å². The topological polar surface area (TPSA) is 29.5 Å². The molecule has 6 heteroatoms. The minimum atomic E-state index is -0.0641. The van der Waals surface area contributed by atoms with E-state index in [-0.39, 0.29) is 5.91 Å². The Labute approximate surface area is 141 Å². The number of carbonyl (C=O) groups is 1. The number of ether oxygens (including phenoxy) is 1. The van der Waals surface area contributed by atoms with Crippen LogP contribution >= 0.6 is 46.6 Å². The third-order valence-electron chi connectivity index (χ3n) is 2.66. The van der Waals surface area contributed by atoms with Crippen LogP contribution in [0.5, 0.6) is 5.75 Å². The molecule has 0 saturated carbocycles. The highest BCUT2D eigenvalue weighted by molar-refractivity contribution is 14.1. The summed E-state index contributed by atoms with van der Waals surface area (Å²) in [7, 11) is 1.64. The van der Waals surface area contributed by atoms with Gasteiger partial charge < -0.3 is 4.74 Å². The molecule has 1 aromatic rings. The number of halogens is 1. The lowest BCUT2D eigenvalue weighted by atomic mass is 10.2. The first-order chi connectivity index (χ1) is 9.56. The molecule has 0 radical (unpaired) electrons. The van der Waals surface area contributed by atoms with Crippen LogP contribution in [0.2, 0.25) is 0 Å². The van der Waals surface area contributed by atoms with E-state index >= 15 is 0 Å². The van der Waals surface area contributed by atoms with Gasteiger partial charge in [0.15, 0.2) is 0 Å². The van der Waals surface area contributed by atoms with E-state index in [0.29, 0.717) is 15.8 Å². The van der Waals surface area contributed by atoms with Gasteiger partial charge in [0.2, 0.25) is 0 Å². The molecule has 104 valence electrons. The van der Waals surface area contributed by atoms with Gasteiger partial charge in [-0.1, -0.05) is 36.1 Å². The molecule has 3 nitrogen and oxygen atoms in total. The highest BCUT2D eigenvalue weighted by atomic mass is 127. The Morgan fingerprint density at radius 1 is 1.55 bits per heavy atom. The fourth-order valence-corrected chi connectivity index (χ4v) is 3.74. The quantitative estimate of drug-likeness (QED) is 0.324. The minimum absolute atomic E-state index is 0.0641. The summed E-state index contributed by atoms with van der Waals surface area (Å²) in [6, 6.07) is 5.78. The number of hydrogen-bond acceptors (Lipinski definition) is 4. The molecule has 1 aliphatic rings. The maximum atomic E-state index is 12.2. The number of nitrogens with zero attached hydrogens (tertiary/aromatic N) is 1. The van der Waals surface area contributed by atoms with E-state index in [9.17, 15) is 4.79 Å². The highest BCUT2D eigenvalue weighted by Crippen LogP contribution is 2.33. The lowest BCUT2D eigenvalue weighted by Crippen LogP contribution is -2.27. The minimum Gasteiger partial charge on any atom is -0.496 e. The van der Waals surface area contributed by atoms with E-state index < -0.39 is 0 Å². The summed E-state index contributed by atoms with van der Waals surface area (Å²) in [6.45, 7) is 4.08. The molecule has 1 heterocycles. The average molecular weight is 417 g/mol. The van der Waals surface area contributed by atoms with Crippen LogP contribution in [0.4, 0.5) is 0 Å². The fraction of sp³-hybridized carbons (Fsp3) is 0.143. The van der Waals surface area contributed by atoms with Crippen molar-refractivity contribution < 1.29 is 9.53 Å². The predicted octanol–water partition coefficient (Wildman–Crippen LogP) is 3.69. The maximum Gasteiger partial charge on any atom is 0.266 e. The van der Waals surface area contributed by atoms with Crippen molar-refractivity contribution in [1.29, 1.82) is 0 Å². The molecule has 1 saturated heterocycles. The third kappa shape index (κ3) is 3.24. The van der Waals surface area contributed by atoms with Gasteiger partial charge in [0.25, 0.3) is 5.91 Å². The molecule has 0 spiro atoms. The smallest absolute Gasteiger partial charge is 0.266 e. The van der Waals surface area contributed by atoms with Gasteiger partial charge in [-0.25, -0.2) is 0 Å². The fourth-order valence-electron chi connectivity index (χ4n) is 1.71. The molecule has 0 aromatic heterocycles. The molecular formula is C14H12INO2S2. The lowest BCUT2D eigenvalue weighted by molar-refractivity contribution is -0.121. The van der Waals surface area contributed by atoms with E-state index in [1.165, 1.54) is 11.8 Å². The van der Waals surface area contributed by atoms with Crippen molar-refractivity contribution in [3.05, 3.63) is 44.9 Å². The van der Waals surface area contributed by atoms with Crippen molar-refractivity contribution in [2.24, 2.45) is 0 Å². The van der Waals surface area contributed by atoms with Crippen LogP contribution in [0.15, 0.2) is 35.8 Å². The van der Waals surface area contributed by atoms with Gasteiger partial charge in [-0.15, -0.1) is 6.58 Å². The number of carbonyl (C=O) groups excluding carboxylic acids is 1. The first-order valence-electron chi connectivity index (χ1n) is 5.76. The van der Waals surface area contributed by atoms with Crippen LogP contribution in [0.25, 0.3) is 6.08 Å². The van der Waals surface area contributed by atoms with Gasteiger partial charge in [-0.05, 0) is 46.4 Å². The Hall–Kier alpha value is -0.860. The van der Waals surface area contributed by atoms with Crippen LogP contribution in [0.1, 0.15) is 5.56 Å². The molecule has 2 rings (SSSR count). The van der Waals surface area contributed by atoms with E-state index in [0.717, 1.165) is 14.9 Å². The van der Waals surface area contributed by atoms with Gasteiger partial charge in [-0.2, -0.15) is 0 Å². The zero-order chi connectivity index (χ0) is 14.7. The standard InChI is InChI=1S/C14H12INO2S2/c1-3-6-16-13(17)12(20-14(16)19)8-9-4-5-11(18-2)10(15)7-9/h3-5,7-8H,1,6H2,2H3/b12-8+. The Balaban J connectivity index is 2.28. The first-order valence-corrected chi connectivity index (χ1v) is 8.07. The maximum absolute atomic E-state index is 12.2. The summed E-state index contributed by atoms with van der Waals surface area (Å²) in [5.41, 5.74) is 0.953. The van der Waals surface area contributed by atoms with E-state index in [2.05, 4.69) is 29.2 Å². The number of thiocarbonyl (C=S) groups is 1. The molecule has 1 fully saturated rings. The van der Waals surface area contributed by atoms with Gasteiger partial charge in [0.05, 0.1) is 15.6 Å². The monoisotopic (exact) mass is 417 g/mol. The number of thioether (sulfide) groups is 1. The largest absolute Gasteiger partial charge is 0.496 e. The number of amides is 1. The van der Waals surface area contributed by atoms with Crippen molar-refractivity contribution in [2.75, 3.05) is 13.7 Å². The number of methoxy groups -OCH3 is 1. The average Bonchev–Trinajstić information content (AvgIpc) is 2.67. The number of hydrogen-bond donors (Lipinski definition) is 0. The van der Waals surface area contributed by atoms with Gasteiger partial charge in [0.1, 0.15) is 10.1 Å². The van der Waals surface area contributed by atoms with E-state index in [4.69, 9.17) is 17.0 Å². The Bertz CT molecular complexity index is 613. The van der Waals surface area contributed by atoms with Crippen LogP contribution in [0, 0.1) is 3.57 Å².